The fourth-order valence-corrected chi connectivity index (χ4v) is 3.50. The van der Waals surface area contributed by atoms with Gasteiger partial charge in [-0.05, 0) is 24.8 Å². The Labute approximate surface area is 113 Å². The summed E-state index contributed by atoms with van der Waals surface area (Å²) in [4.78, 5) is 13.8. The third kappa shape index (κ3) is 6.59. The molecule has 8 nitrogen and oxygen atoms in total. The Kier molecular flexibility index (Phi) is 8.43. The minimum Gasteiger partial charge on any atom is -0.468 e. The van der Waals surface area contributed by atoms with E-state index in [1.165, 1.54) is 7.11 Å². The molecular weight excluding hydrogens is 271 g/mol. The third-order valence-corrected chi connectivity index (χ3v) is 4.59. The fraction of sp³-hybridized carbons (Fsp3) is 0.900. The van der Waals surface area contributed by atoms with E-state index in [1.54, 1.807) is 6.92 Å². The lowest BCUT2D eigenvalue weighted by Gasteiger charge is -2.25. The van der Waals surface area contributed by atoms with Crippen LogP contribution in [0, 0.1) is 5.92 Å². The first kappa shape index (κ1) is 17.9. The van der Waals surface area contributed by atoms with E-state index in [0.717, 1.165) is 0 Å². The summed E-state index contributed by atoms with van der Waals surface area (Å²) < 4.78 is 22.3. The fourth-order valence-electron chi connectivity index (χ4n) is 1.41. The van der Waals surface area contributed by atoms with E-state index in [1.807, 2.05) is 13.8 Å². The molecule has 0 fully saturated rings. The molecule has 0 radical (unpaired) electrons. The second-order valence-corrected chi connectivity index (χ2v) is 6.61. The number of hydrogen-bond donors (Lipinski definition) is 1. The summed E-state index contributed by atoms with van der Waals surface area (Å²) >= 11 is 0. The van der Waals surface area contributed by atoms with Gasteiger partial charge >= 0.3 is 5.97 Å². The quantitative estimate of drug-likeness (QED) is 0.231. The highest BCUT2D eigenvalue weighted by Gasteiger charge is 2.34. The number of carbonyl (C=O) groups excluding carboxylic acids is 1. The summed E-state index contributed by atoms with van der Waals surface area (Å²) in [6.07, 6.45) is 0.398. The van der Waals surface area contributed by atoms with Gasteiger partial charge in [0, 0.05) is 4.91 Å². The first-order valence-corrected chi connectivity index (χ1v) is 7.69. The van der Waals surface area contributed by atoms with Gasteiger partial charge in [-0.3, -0.25) is 9.36 Å². The number of rotatable bonds is 9. The van der Waals surface area contributed by atoms with Crippen molar-refractivity contribution < 1.29 is 18.6 Å². The van der Waals surface area contributed by atoms with Crippen LogP contribution in [0.2, 0.25) is 0 Å². The van der Waals surface area contributed by atoms with Crippen molar-refractivity contribution in [3.63, 3.8) is 0 Å². The molecule has 0 aromatic heterocycles. The molecule has 0 heterocycles. The van der Waals surface area contributed by atoms with Crippen molar-refractivity contribution in [2.24, 2.45) is 11.0 Å². The predicted octanol–water partition coefficient (Wildman–Crippen LogP) is 2.66. The van der Waals surface area contributed by atoms with Crippen molar-refractivity contribution in [1.29, 1.82) is 0 Å². The number of nitrogens with zero attached hydrogens (tertiary/aromatic N) is 3. The lowest BCUT2D eigenvalue weighted by Crippen LogP contribution is -2.28. The number of azide groups is 1. The minimum absolute atomic E-state index is 0.171. The lowest BCUT2D eigenvalue weighted by molar-refractivity contribution is -0.139. The van der Waals surface area contributed by atoms with Crippen LogP contribution in [0.1, 0.15) is 27.2 Å². The molecule has 1 N–H and O–H groups in total. The average molecular weight is 292 g/mol. The SMILES string of the molecule is CCOP(=O)(NCC(=O)OC)C(CC(C)C)N=[N+]=[N-]. The van der Waals surface area contributed by atoms with E-state index >= 15 is 0 Å². The summed E-state index contributed by atoms with van der Waals surface area (Å²) in [5.41, 5.74) is 8.57. The molecule has 0 spiro atoms. The molecule has 0 aliphatic rings. The third-order valence-electron chi connectivity index (χ3n) is 2.25. The number of hydrogen-bond acceptors (Lipinski definition) is 5. The van der Waals surface area contributed by atoms with Crippen molar-refractivity contribution in [3.05, 3.63) is 10.4 Å². The van der Waals surface area contributed by atoms with Crippen molar-refractivity contribution in [2.75, 3.05) is 20.3 Å². The Morgan fingerprint density at radius 2 is 2.16 bits per heavy atom. The molecule has 0 aromatic rings. The number of carbonyl (C=O) groups is 1. The number of ether oxygens (including phenoxy) is 1. The van der Waals surface area contributed by atoms with Crippen LogP contribution in [0.15, 0.2) is 5.11 Å². The van der Waals surface area contributed by atoms with Gasteiger partial charge in [0.1, 0.15) is 12.3 Å². The van der Waals surface area contributed by atoms with Crippen LogP contribution in [0.25, 0.3) is 10.4 Å². The Bertz CT molecular complexity index is 382. The van der Waals surface area contributed by atoms with Crippen LogP contribution in [0.5, 0.6) is 0 Å². The molecular formula is C10H21N4O4P. The van der Waals surface area contributed by atoms with E-state index in [2.05, 4.69) is 19.9 Å². The standard InChI is InChI=1S/C10H21N4O4P/c1-5-18-19(16,12-7-10(15)17-4)9(13-14-11)6-8(2)3/h8-9H,5-7H2,1-4H3,(H,12,16). The van der Waals surface area contributed by atoms with Crippen molar-refractivity contribution in [1.82, 2.24) is 5.09 Å². The summed E-state index contributed by atoms with van der Waals surface area (Å²) in [6, 6.07) is 0. The highest BCUT2D eigenvalue weighted by Crippen LogP contribution is 2.50. The zero-order chi connectivity index (χ0) is 14.9. The molecule has 19 heavy (non-hydrogen) atoms. The van der Waals surface area contributed by atoms with Gasteiger partial charge in [-0.2, -0.15) is 0 Å². The van der Waals surface area contributed by atoms with Gasteiger partial charge in [0.25, 0.3) is 7.52 Å². The van der Waals surface area contributed by atoms with Crippen LogP contribution in [-0.4, -0.2) is 32.0 Å². The summed E-state index contributed by atoms with van der Waals surface area (Å²) in [7, 11) is -2.21. The second-order valence-electron chi connectivity index (χ2n) is 4.24. The molecule has 2 atom stereocenters. The molecule has 0 saturated carbocycles. The van der Waals surface area contributed by atoms with Crippen LogP contribution in [0.4, 0.5) is 0 Å². The summed E-state index contributed by atoms with van der Waals surface area (Å²) in [5, 5.41) is 6.07. The van der Waals surface area contributed by atoms with E-state index < -0.39 is 19.3 Å². The molecule has 0 amide bonds. The maximum Gasteiger partial charge on any atom is 0.320 e. The molecule has 0 aliphatic heterocycles. The van der Waals surface area contributed by atoms with Crippen LogP contribution >= 0.6 is 7.52 Å². The van der Waals surface area contributed by atoms with E-state index in [0.29, 0.717) is 6.42 Å². The first-order chi connectivity index (χ1) is 8.89. The normalized spacial score (nSPS) is 15.4. The maximum absolute atomic E-state index is 12.7. The van der Waals surface area contributed by atoms with Gasteiger partial charge in [-0.1, -0.05) is 19.0 Å². The van der Waals surface area contributed by atoms with E-state index in [-0.39, 0.29) is 19.1 Å². The Morgan fingerprint density at radius 1 is 1.53 bits per heavy atom. The molecule has 0 saturated heterocycles. The van der Waals surface area contributed by atoms with Gasteiger partial charge < -0.3 is 9.26 Å². The maximum atomic E-state index is 12.7. The molecule has 0 aromatic carbocycles. The number of nitrogens with one attached hydrogen (secondary N) is 1. The zero-order valence-corrected chi connectivity index (χ0v) is 12.6. The summed E-state index contributed by atoms with van der Waals surface area (Å²) in [5.74, 6) is -1.24. The van der Waals surface area contributed by atoms with Crippen molar-refractivity contribution >= 4 is 13.5 Å². The Balaban J connectivity index is 5.02. The predicted molar refractivity (Wildman–Crippen MR) is 71.6 cm³/mol. The molecule has 0 aliphatic carbocycles. The number of methoxy groups -OCH3 is 1. The van der Waals surface area contributed by atoms with E-state index in [9.17, 15) is 9.36 Å². The first-order valence-electron chi connectivity index (χ1n) is 6.00. The Hall–Kier alpha value is -1.07. The number of esters is 1. The zero-order valence-electron chi connectivity index (χ0n) is 11.7. The van der Waals surface area contributed by atoms with Gasteiger partial charge in [0.05, 0.1) is 13.7 Å². The largest absolute Gasteiger partial charge is 0.468 e. The highest BCUT2D eigenvalue weighted by molar-refractivity contribution is 7.57. The van der Waals surface area contributed by atoms with Gasteiger partial charge in [0.2, 0.25) is 0 Å². The monoisotopic (exact) mass is 292 g/mol. The second kappa shape index (κ2) is 8.93. The molecule has 0 rings (SSSR count). The van der Waals surface area contributed by atoms with Gasteiger partial charge in [-0.25, -0.2) is 5.09 Å². The van der Waals surface area contributed by atoms with Crippen LogP contribution < -0.4 is 5.09 Å². The Morgan fingerprint density at radius 3 is 2.58 bits per heavy atom. The van der Waals surface area contributed by atoms with Crippen molar-refractivity contribution in [3.8, 4) is 0 Å². The van der Waals surface area contributed by atoms with Gasteiger partial charge in [0.15, 0.2) is 0 Å². The van der Waals surface area contributed by atoms with Crippen LogP contribution in [0.3, 0.4) is 0 Å². The molecule has 110 valence electrons. The summed E-state index contributed by atoms with van der Waals surface area (Å²) in [6.45, 7) is 5.42. The topological polar surface area (TPSA) is 113 Å². The lowest BCUT2D eigenvalue weighted by atomic mass is 10.1. The van der Waals surface area contributed by atoms with Crippen molar-refractivity contribution in [2.45, 2.75) is 33.0 Å². The van der Waals surface area contributed by atoms with Crippen LogP contribution in [-0.2, 0) is 18.6 Å². The molecule has 2 unspecified atom stereocenters. The minimum atomic E-state index is -3.44. The smallest absolute Gasteiger partial charge is 0.320 e. The average Bonchev–Trinajstić information content (AvgIpc) is 2.35. The highest BCUT2D eigenvalue weighted by atomic mass is 31.2. The molecule has 9 heteroatoms. The van der Waals surface area contributed by atoms with E-state index in [4.69, 9.17) is 10.1 Å². The van der Waals surface area contributed by atoms with Gasteiger partial charge in [-0.15, -0.1) is 0 Å². The molecule has 0 bridgehead atoms.